The molecule has 0 aromatic heterocycles. The fourth-order valence-corrected chi connectivity index (χ4v) is 1.86. The van der Waals surface area contributed by atoms with Crippen molar-refractivity contribution in [3.05, 3.63) is 0 Å². The highest BCUT2D eigenvalue weighted by atomic mass is 35.5. The van der Waals surface area contributed by atoms with Gasteiger partial charge >= 0.3 is 0 Å². The van der Waals surface area contributed by atoms with Gasteiger partial charge in [-0.15, -0.1) is 11.6 Å². The lowest BCUT2D eigenvalue weighted by atomic mass is 9.96. The number of rotatable bonds is 4. The second-order valence-electron chi connectivity index (χ2n) is 3.58. The minimum atomic E-state index is 0.402. The van der Waals surface area contributed by atoms with Crippen molar-refractivity contribution >= 4 is 11.6 Å². The van der Waals surface area contributed by atoms with Crippen molar-refractivity contribution < 1.29 is 0 Å². The van der Waals surface area contributed by atoms with Crippen LogP contribution in [0.4, 0.5) is 0 Å². The summed E-state index contributed by atoms with van der Waals surface area (Å²) < 4.78 is 0. The first-order chi connectivity index (χ1) is 4.71. The van der Waals surface area contributed by atoms with Crippen molar-refractivity contribution in [1.82, 2.24) is 0 Å². The van der Waals surface area contributed by atoms with E-state index in [1.54, 1.807) is 0 Å². The number of alkyl halides is 1. The molecule has 1 aliphatic carbocycles. The van der Waals surface area contributed by atoms with E-state index >= 15 is 0 Å². The summed E-state index contributed by atoms with van der Waals surface area (Å²) in [7, 11) is 0. The van der Waals surface area contributed by atoms with Crippen molar-refractivity contribution in [3.8, 4) is 0 Å². The molecular weight excluding hydrogens is 144 g/mol. The second-order valence-corrected chi connectivity index (χ2v) is 4.24. The van der Waals surface area contributed by atoms with Crippen molar-refractivity contribution in [2.24, 2.45) is 5.41 Å². The van der Waals surface area contributed by atoms with E-state index in [4.69, 9.17) is 11.6 Å². The summed E-state index contributed by atoms with van der Waals surface area (Å²) in [6.45, 7) is 4.39. The van der Waals surface area contributed by atoms with Crippen LogP contribution in [0, 0.1) is 5.41 Å². The fraction of sp³-hybridized carbons (Fsp3) is 1.00. The molecule has 1 atom stereocenters. The minimum absolute atomic E-state index is 0.402. The first-order valence-corrected chi connectivity index (χ1v) is 4.79. The van der Waals surface area contributed by atoms with Gasteiger partial charge in [0.2, 0.25) is 0 Å². The molecule has 1 aliphatic rings. The smallest absolute Gasteiger partial charge is 0.0364 e. The van der Waals surface area contributed by atoms with E-state index in [-0.39, 0.29) is 0 Å². The molecule has 0 amide bonds. The van der Waals surface area contributed by atoms with E-state index in [9.17, 15) is 0 Å². The van der Waals surface area contributed by atoms with E-state index < -0.39 is 0 Å². The third-order valence-corrected chi connectivity index (χ3v) is 3.23. The van der Waals surface area contributed by atoms with Gasteiger partial charge in [-0.3, -0.25) is 0 Å². The monoisotopic (exact) mass is 160 g/mol. The van der Waals surface area contributed by atoms with E-state index in [0.717, 1.165) is 0 Å². The standard InChI is InChI=1S/C9H17Cl/c1-3-4-5-9(6-7-9)8(2)10/h8H,3-7H2,1-2H3. The summed E-state index contributed by atoms with van der Waals surface area (Å²) in [6.07, 6.45) is 6.77. The average molecular weight is 161 g/mol. The fourth-order valence-electron chi connectivity index (χ4n) is 1.54. The first-order valence-electron chi connectivity index (χ1n) is 4.35. The number of unbranched alkanes of at least 4 members (excludes halogenated alkanes) is 1. The van der Waals surface area contributed by atoms with Gasteiger partial charge in [-0.25, -0.2) is 0 Å². The van der Waals surface area contributed by atoms with Gasteiger partial charge in [0, 0.05) is 5.38 Å². The molecule has 1 saturated carbocycles. The second kappa shape index (κ2) is 3.13. The number of hydrogen-bond acceptors (Lipinski definition) is 0. The van der Waals surface area contributed by atoms with Gasteiger partial charge < -0.3 is 0 Å². The Hall–Kier alpha value is 0.290. The minimum Gasteiger partial charge on any atom is -0.123 e. The Morgan fingerprint density at radius 2 is 2.10 bits per heavy atom. The van der Waals surface area contributed by atoms with Crippen LogP contribution in [0.2, 0.25) is 0 Å². The zero-order valence-electron chi connectivity index (χ0n) is 6.99. The van der Waals surface area contributed by atoms with Crippen molar-refractivity contribution in [3.63, 3.8) is 0 Å². The molecule has 0 aromatic carbocycles. The topological polar surface area (TPSA) is 0 Å². The van der Waals surface area contributed by atoms with Crippen LogP contribution in [0.3, 0.4) is 0 Å². The van der Waals surface area contributed by atoms with Crippen LogP contribution >= 0.6 is 11.6 Å². The summed E-state index contributed by atoms with van der Waals surface area (Å²) in [5, 5.41) is 0.402. The van der Waals surface area contributed by atoms with E-state index in [2.05, 4.69) is 13.8 Å². The largest absolute Gasteiger partial charge is 0.123 e. The Kier molecular flexibility index (Phi) is 2.62. The summed E-state index contributed by atoms with van der Waals surface area (Å²) in [5.74, 6) is 0. The summed E-state index contributed by atoms with van der Waals surface area (Å²) >= 11 is 6.07. The zero-order valence-corrected chi connectivity index (χ0v) is 7.75. The van der Waals surface area contributed by atoms with Crippen LogP contribution in [0.1, 0.15) is 46.0 Å². The van der Waals surface area contributed by atoms with E-state index in [1.807, 2.05) is 0 Å². The molecule has 0 N–H and O–H groups in total. The number of halogens is 1. The van der Waals surface area contributed by atoms with Crippen LogP contribution < -0.4 is 0 Å². The quantitative estimate of drug-likeness (QED) is 0.552. The van der Waals surface area contributed by atoms with Crippen LogP contribution in [0.25, 0.3) is 0 Å². The van der Waals surface area contributed by atoms with Crippen LogP contribution in [-0.2, 0) is 0 Å². The molecule has 0 bridgehead atoms. The lowest BCUT2D eigenvalue weighted by molar-refractivity contribution is 0.437. The maximum absolute atomic E-state index is 6.07. The Morgan fingerprint density at radius 1 is 1.50 bits per heavy atom. The van der Waals surface area contributed by atoms with Crippen molar-refractivity contribution in [2.75, 3.05) is 0 Å². The van der Waals surface area contributed by atoms with Gasteiger partial charge in [-0.05, 0) is 31.6 Å². The molecule has 1 rings (SSSR count). The Bertz CT molecular complexity index is 103. The summed E-state index contributed by atoms with van der Waals surface area (Å²) in [4.78, 5) is 0. The van der Waals surface area contributed by atoms with Gasteiger partial charge in [0.15, 0.2) is 0 Å². The highest BCUT2D eigenvalue weighted by Crippen LogP contribution is 2.54. The van der Waals surface area contributed by atoms with Crippen LogP contribution in [0.15, 0.2) is 0 Å². The lowest BCUT2D eigenvalue weighted by Crippen LogP contribution is -2.11. The summed E-state index contributed by atoms with van der Waals surface area (Å²) in [5.41, 5.74) is 0.567. The molecule has 0 saturated heterocycles. The van der Waals surface area contributed by atoms with Gasteiger partial charge in [-0.1, -0.05) is 19.8 Å². The maximum atomic E-state index is 6.07. The van der Waals surface area contributed by atoms with Gasteiger partial charge in [0.05, 0.1) is 0 Å². The Labute approximate surface area is 69.0 Å². The number of hydrogen-bond donors (Lipinski definition) is 0. The molecule has 1 fully saturated rings. The Balaban J connectivity index is 2.24. The summed E-state index contributed by atoms with van der Waals surface area (Å²) in [6, 6.07) is 0. The van der Waals surface area contributed by atoms with Gasteiger partial charge in [-0.2, -0.15) is 0 Å². The average Bonchev–Trinajstić information content (AvgIpc) is 2.64. The zero-order chi connectivity index (χ0) is 7.61. The Morgan fingerprint density at radius 3 is 2.40 bits per heavy atom. The third-order valence-electron chi connectivity index (χ3n) is 2.76. The highest BCUT2D eigenvalue weighted by Gasteiger charge is 2.45. The maximum Gasteiger partial charge on any atom is 0.0364 e. The molecular formula is C9H17Cl. The molecule has 10 heavy (non-hydrogen) atoms. The third kappa shape index (κ3) is 1.66. The van der Waals surface area contributed by atoms with Gasteiger partial charge in [0.1, 0.15) is 0 Å². The molecule has 0 aromatic rings. The molecule has 0 aliphatic heterocycles. The van der Waals surface area contributed by atoms with Crippen molar-refractivity contribution in [1.29, 1.82) is 0 Å². The van der Waals surface area contributed by atoms with Gasteiger partial charge in [0.25, 0.3) is 0 Å². The molecule has 0 radical (unpaired) electrons. The first kappa shape index (κ1) is 8.39. The predicted octanol–water partition coefficient (Wildman–Crippen LogP) is 3.58. The van der Waals surface area contributed by atoms with Crippen molar-refractivity contribution in [2.45, 2.75) is 51.3 Å². The highest BCUT2D eigenvalue weighted by molar-refractivity contribution is 6.21. The molecule has 0 spiro atoms. The van der Waals surface area contributed by atoms with Crippen LogP contribution in [0.5, 0.6) is 0 Å². The van der Waals surface area contributed by atoms with Crippen LogP contribution in [-0.4, -0.2) is 5.38 Å². The molecule has 0 heterocycles. The normalized spacial score (nSPS) is 24.3. The molecule has 0 nitrogen and oxygen atoms in total. The predicted molar refractivity (Wildman–Crippen MR) is 46.5 cm³/mol. The molecule has 60 valence electrons. The lowest BCUT2D eigenvalue weighted by Gasteiger charge is -2.16. The molecule has 1 heteroatoms. The SMILES string of the molecule is CCCCC1(C(C)Cl)CC1. The molecule has 1 unspecified atom stereocenters. The van der Waals surface area contributed by atoms with E-state index in [0.29, 0.717) is 10.8 Å². The van der Waals surface area contributed by atoms with E-state index in [1.165, 1.54) is 32.1 Å².